The zero-order valence-electron chi connectivity index (χ0n) is 10.0. The summed E-state index contributed by atoms with van der Waals surface area (Å²) in [6.07, 6.45) is 1.56. The van der Waals surface area contributed by atoms with Crippen LogP contribution in [0.1, 0.15) is 23.2 Å². The van der Waals surface area contributed by atoms with Crippen molar-refractivity contribution in [1.82, 2.24) is 0 Å². The number of hydrogen-bond acceptors (Lipinski definition) is 5. The maximum Gasteiger partial charge on any atom is 0.340 e. The molecule has 0 bridgehead atoms. The van der Waals surface area contributed by atoms with E-state index in [0.717, 1.165) is 6.42 Å². The lowest BCUT2D eigenvalue weighted by atomic mass is 10.2. The molecule has 0 aliphatic carbocycles. The normalized spacial score (nSPS) is 18.4. The lowest BCUT2D eigenvalue weighted by molar-refractivity contribution is -0.144. The number of carbonyl (C=O) groups is 2. The molecule has 18 heavy (non-hydrogen) atoms. The van der Waals surface area contributed by atoms with E-state index in [9.17, 15) is 9.59 Å². The molecule has 1 aromatic carbocycles. The van der Waals surface area contributed by atoms with Gasteiger partial charge >= 0.3 is 5.97 Å². The summed E-state index contributed by atoms with van der Waals surface area (Å²) in [7, 11) is 1.45. The minimum atomic E-state index is -0.547. The molecule has 5 nitrogen and oxygen atoms in total. The maximum absolute atomic E-state index is 11.8. The Morgan fingerprint density at radius 3 is 2.94 bits per heavy atom. The molecule has 1 aliphatic heterocycles. The molecule has 1 aromatic rings. The summed E-state index contributed by atoms with van der Waals surface area (Å²) in [4.78, 5) is 22.8. The van der Waals surface area contributed by atoms with Crippen LogP contribution in [0.4, 0.5) is 0 Å². The van der Waals surface area contributed by atoms with Crippen LogP contribution in [0.5, 0.6) is 11.5 Å². The van der Waals surface area contributed by atoms with Crippen LogP contribution < -0.4 is 9.47 Å². The fourth-order valence-corrected chi connectivity index (χ4v) is 1.83. The lowest BCUT2D eigenvalue weighted by Gasteiger charge is -2.13. The standard InChI is InChI=1S/C13H14O5/c1-16-10-5-2-4-9(8-14)12(10)18-13(15)11-6-3-7-17-11/h2,4-5,8,11H,3,6-7H2,1H3. The van der Waals surface area contributed by atoms with Gasteiger partial charge in [-0.05, 0) is 25.0 Å². The molecular weight excluding hydrogens is 236 g/mol. The van der Waals surface area contributed by atoms with Gasteiger partial charge in [0.05, 0.1) is 12.7 Å². The Balaban J connectivity index is 2.21. The number of para-hydroxylation sites is 1. The fraction of sp³-hybridized carbons (Fsp3) is 0.385. The largest absolute Gasteiger partial charge is 0.493 e. The van der Waals surface area contributed by atoms with Gasteiger partial charge in [0, 0.05) is 6.61 Å². The lowest BCUT2D eigenvalue weighted by Crippen LogP contribution is -2.25. The predicted molar refractivity (Wildman–Crippen MR) is 63.0 cm³/mol. The molecular formula is C13H14O5. The smallest absolute Gasteiger partial charge is 0.340 e. The number of ether oxygens (including phenoxy) is 3. The Morgan fingerprint density at radius 2 is 2.33 bits per heavy atom. The van der Waals surface area contributed by atoms with Gasteiger partial charge in [0.2, 0.25) is 0 Å². The maximum atomic E-state index is 11.8. The van der Waals surface area contributed by atoms with Crippen molar-refractivity contribution in [1.29, 1.82) is 0 Å². The highest BCUT2D eigenvalue weighted by Gasteiger charge is 2.27. The van der Waals surface area contributed by atoms with Crippen molar-refractivity contribution in [3.05, 3.63) is 23.8 Å². The summed E-state index contributed by atoms with van der Waals surface area (Å²) in [5, 5.41) is 0. The molecule has 0 amide bonds. The van der Waals surface area contributed by atoms with Crippen LogP contribution in [0.3, 0.4) is 0 Å². The Morgan fingerprint density at radius 1 is 1.50 bits per heavy atom. The first-order valence-corrected chi connectivity index (χ1v) is 5.71. The van der Waals surface area contributed by atoms with E-state index in [1.807, 2.05) is 0 Å². The molecule has 0 radical (unpaired) electrons. The summed E-state index contributed by atoms with van der Waals surface area (Å²) in [5.74, 6) is 0.0153. The van der Waals surface area contributed by atoms with Crippen molar-refractivity contribution in [2.24, 2.45) is 0 Å². The fourth-order valence-electron chi connectivity index (χ4n) is 1.83. The topological polar surface area (TPSA) is 61.8 Å². The van der Waals surface area contributed by atoms with Crippen molar-refractivity contribution in [3.8, 4) is 11.5 Å². The molecule has 1 heterocycles. The molecule has 1 unspecified atom stereocenters. The molecule has 0 saturated carbocycles. The molecule has 2 rings (SSSR count). The molecule has 96 valence electrons. The highest BCUT2D eigenvalue weighted by atomic mass is 16.6. The third-order valence-corrected chi connectivity index (χ3v) is 2.75. The van der Waals surface area contributed by atoms with Gasteiger partial charge in [-0.25, -0.2) is 4.79 Å². The van der Waals surface area contributed by atoms with E-state index in [2.05, 4.69) is 0 Å². The SMILES string of the molecule is COc1cccc(C=O)c1OC(=O)C1CCCO1. The number of aldehydes is 1. The first-order valence-electron chi connectivity index (χ1n) is 5.71. The van der Waals surface area contributed by atoms with Crippen molar-refractivity contribution in [2.75, 3.05) is 13.7 Å². The summed E-state index contributed by atoms with van der Waals surface area (Å²) < 4.78 is 15.5. The van der Waals surface area contributed by atoms with Gasteiger partial charge < -0.3 is 14.2 Å². The van der Waals surface area contributed by atoms with E-state index in [-0.39, 0.29) is 11.3 Å². The number of hydrogen-bond donors (Lipinski definition) is 0. The zero-order chi connectivity index (χ0) is 13.0. The number of rotatable bonds is 4. The number of esters is 1. The first-order chi connectivity index (χ1) is 8.76. The number of carbonyl (C=O) groups excluding carboxylic acids is 2. The predicted octanol–water partition coefficient (Wildman–Crippen LogP) is 1.59. The molecule has 0 aromatic heterocycles. The van der Waals surface area contributed by atoms with Gasteiger partial charge in [-0.15, -0.1) is 0 Å². The molecule has 1 atom stereocenters. The molecule has 1 saturated heterocycles. The van der Waals surface area contributed by atoms with E-state index in [1.165, 1.54) is 7.11 Å². The Bertz CT molecular complexity index is 449. The van der Waals surface area contributed by atoms with Crippen molar-refractivity contribution >= 4 is 12.3 Å². The Kier molecular flexibility index (Phi) is 3.94. The van der Waals surface area contributed by atoms with E-state index in [4.69, 9.17) is 14.2 Å². The van der Waals surface area contributed by atoms with Crippen LogP contribution in [0.25, 0.3) is 0 Å². The van der Waals surface area contributed by atoms with E-state index >= 15 is 0 Å². The van der Waals surface area contributed by atoms with Crippen LogP contribution in [0, 0.1) is 0 Å². The number of methoxy groups -OCH3 is 1. The third kappa shape index (κ3) is 2.51. The van der Waals surface area contributed by atoms with E-state index in [0.29, 0.717) is 25.1 Å². The summed E-state index contributed by atoms with van der Waals surface area (Å²) in [6.45, 7) is 0.562. The minimum Gasteiger partial charge on any atom is -0.493 e. The zero-order valence-corrected chi connectivity index (χ0v) is 10.0. The Hall–Kier alpha value is -1.88. The van der Waals surface area contributed by atoms with Crippen molar-refractivity contribution in [2.45, 2.75) is 18.9 Å². The van der Waals surface area contributed by atoms with Crippen molar-refractivity contribution in [3.63, 3.8) is 0 Å². The summed E-state index contributed by atoms with van der Waals surface area (Å²) in [5.41, 5.74) is 0.278. The minimum absolute atomic E-state index is 0.149. The second-order valence-corrected chi connectivity index (χ2v) is 3.92. The van der Waals surface area contributed by atoms with Crippen LogP contribution >= 0.6 is 0 Å². The van der Waals surface area contributed by atoms with E-state index in [1.54, 1.807) is 18.2 Å². The van der Waals surface area contributed by atoms with Gasteiger partial charge in [0.15, 0.2) is 23.9 Å². The van der Waals surface area contributed by atoms with Crippen molar-refractivity contribution < 1.29 is 23.8 Å². The van der Waals surface area contributed by atoms with Crippen LogP contribution in [0.2, 0.25) is 0 Å². The number of benzene rings is 1. The molecule has 0 spiro atoms. The van der Waals surface area contributed by atoms with E-state index < -0.39 is 12.1 Å². The highest BCUT2D eigenvalue weighted by Crippen LogP contribution is 2.31. The van der Waals surface area contributed by atoms with Gasteiger partial charge in [0.25, 0.3) is 0 Å². The average molecular weight is 250 g/mol. The quantitative estimate of drug-likeness (QED) is 0.461. The Labute approximate surface area is 105 Å². The van der Waals surface area contributed by atoms with Gasteiger partial charge in [-0.1, -0.05) is 6.07 Å². The van der Waals surface area contributed by atoms with Crippen LogP contribution in [-0.2, 0) is 9.53 Å². The van der Waals surface area contributed by atoms with Gasteiger partial charge in [-0.2, -0.15) is 0 Å². The van der Waals surface area contributed by atoms with Gasteiger partial charge in [0.1, 0.15) is 0 Å². The average Bonchev–Trinajstić information content (AvgIpc) is 2.93. The second kappa shape index (κ2) is 5.64. The molecule has 1 fully saturated rings. The monoisotopic (exact) mass is 250 g/mol. The summed E-state index contributed by atoms with van der Waals surface area (Å²) in [6, 6.07) is 4.85. The molecule has 1 aliphatic rings. The van der Waals surface area contributed by atoms with Crippen LogP contribution in [-0.4, -0.2) is 32.1 Å². The molecule has 0 N–H and O–H groups in total. The highest BCUT2D eigenvalue weighted by molar-refractivity contribution is 5.85. The molecule has 5 heteroatoms. The second-order valence-electron chi connectivity index (χ2n) is 3.92. The first kappa shape index (κ1) is 12.6. The summed E-state index contributed by atoms with van der Waals surface area (Å²) >= 11 is 0. The van der Waals surface area contributed by atoms with Crippen LogP contribution in [0.15, 0.2) is 18.2 Å². The van der Waals surface area contributed by atoms with Gasteiger partial charge in [-0.3, -0.25) is 4.79 Å². The third-order valence-electron chi connectivity index (χ3n) is 2.75.